The quantitative estimate of drug-likeness (QED) is 0.596. The Labute approximate surface area is 174 Å². The van der Waals surface area contributed by atoms with Crippen molar-refractivity contribution in [1.82, 2.24) is 0 Å². The molecule has 0 radical (unpaired) electrons. The van der Waals surface area contributed by atoms with E-state index in [0.29, 0.717) is 28.2 Å². The molecule has 0 fully saturated rings. The second kappa shape index (κ2) is 10.1. The second-order valence-electron chi connectivity index (χ2n) is 6.10. The number of nitrogens with one attached hydrogen (secondary N) is 1. The van der Waals surface area contributed by atoms with Crippen LogP contribution in [-0.4, -0.2) is 30.8 Å². The van der Waals surface area contributed by atoms with Crippen molar-refractivity contribution in [1.29, 1.82) is 0 Å². The average Bonchev–Trinajstić information content (AvgIpc) is 2.66. The van der Waals surface area contributed by atoms with Gasteiger partial charge in [0.25, 0.3) is 0 Å². The van der Waals surface area contributed by atoms with Crippen LogP contribution in [0.15, 0.2) is 58.8 Å². The van der Waals surface area contributed by atoms with Crippen LogP contribution in [0.2, 0.25) is 0 Å². The lowest BCUT2D eigenvalue weighted by molar-refractivity contribution is -0.114. The highest BCUT2D eigenvalue weighted by Crippen LogP contribution is 2.40. The third kappa shape index (κ3) is 5.85. The lowest BCUT2D eigenvalue weighted by atomic mass is 10.0. The Morgan fingerprint density at radius 1 is 1.03 bits per heavy atom. The van der Waals surface area contributed by atoms with E-state index < -0.39 is 10.6 Å². The number of aryl methyl sites for hydroxylation is 1. The van der Waals surface area contributed by atoms with E-state index >= 15 is 0 Å². The van der Waals surface area contributed by atoms with Crippen molar-refractivity contribution in [2.45, 2.75) is 13.8 Å². The summed E-state index contributed by atoms with van der Waals surface area (Å²) in [6.07, 6.45) is 0. The fourth-order valence-electron chi connectivity index (χ4n) is 2.77. The molecule has 0 bridgehead atoms. The van der Waals surface area contributed by atoms with Gasteiger partial charge in [-0.2, -0.15) is 0 Å². The Bertz CT molecular complexity index is 1220. The Morgan fingerprint density at radius 3 is 2.30 bits per heavy atom. The fourth-order valence-corrected chi connectivity index (χ4v) is 2.77. The number of amides is 1. The van der Waals surface area contributed by atoms with E-state index in [-0.39, 0.29) is 11.7 Å². The van der Waals surface area contributed by atoms with Crippen molar-refractivity contribution in [2.75, 3.05) is 12.4 Å². The van der Waals surface area contributed by atoms with Crippen LogP contribution in [0.5, 0.6) is 11.5 Å². The molecule has 0 spiro atoms. The molecule has 156 valence electrons. The van der Waals surface area contributed by atoms with Crippen molar-refractivity contribution in [3.63, 3.8) is 0 Å². The summed E-state index contributed by atoms with van der Waals surface area (Å²) in [5.41, 5.74) is 2.38. The van der Waals surface area contributed by atoms with Crippen LogP contribution in [-0.2, 0) is 15.4 Å². The number of azo groups is 1. The molecule has 0 saturated carbocycles. The molecular weight excluding hydrogens is 410 g/mol. The number of hydrogen-bond acceptors (Lipinski definition) is 8. The van der Waals surface area contributed by atoms with Gasteiger partial charge in [0.15, 0.2) is 5.75 Å². The largest absolute Gasteiger partial charge is 0.505 e. The molecule has 1 amide bonds. The molecule has 9 nitrogen and oxygen atoms in total. The van der Waals surface area contributed by atoms with Crippen LogP contribution in [0.25, 0.3) is 10.8 Å². The first-order valence-corrected chi connectivity index (χ1v) is 9.58. The number of rotatable bonds is 4. The smallest absolute Gasteiger partial charge is 0.425 e. The van der Waals surface area contributed by atoms with Gasteiger partial charge in [-0.05, 0) is 42.1 Å². The number of ether oxygens (including phenoxy) is 1. The van der Waals surface area contributed by atoms with Crippen LogP contribution in [0.4, 0.5) is 17.1 Å². The van der Waals surface area contributed by atoms with E-state index in [1.54, 1.807) is 25.3 Å². The van der Waals surface area contributed by atoms with E-state index in [2.05, 4.69) is 15.5 Å². The molecule has 3 aromatic rings. The average molecular weight is 429 g/mol. The zero-order chi connectivity index (χ0) is 22.3. The zero-order valence-corrected chi connectivity index (χ0v) is 17.2. The summed E-state index contributed by atoms with van der Waals surface area (Å²) in [5.74, 6) is 0.341. The van der Waals surface area contributed by atoms with Crippen molar-refractivity contribution in [2.24, 2.45) is 10.2 Å². The summed E-state index contributed by atoms with van der Waals surface area (Å²) in [6, 6.07) is 14.5. The van der Waals surface area contributed by atoms with E-state index in [1.165, 1.54) is 6.92 Å². The first kappa shape index (κ1) is 22.5. The molecule has 10 heteroatoms. The van der Waals surface area contributed by atoms with Crippen LogP contribution in [0, 0.1) is 6.92 Å². The van der Waals surface area contributed by atoms with Gasteiger partial charge < -0.3 is 15.2 Å². The van der Waals surface area contributed by atoms with Crippen LogP contribution in [0.1, 0.15) is 12.5 Å². The number of para-hydroxylation sites is 1. The number of phenolic OH excluding ortho intramolecular Hbond substituents is 1. The molecule has 3 rings (SSSR count). The topological polar surface area (TPSA) is 134 Å². The SMILES string of the molecule is COc1ccccc1N=Nc1ccc2cc(C)cc(NC(C)=O)c2c1O.O=S(=O)=O. The highest BCUT2D eigenvalue weighted by molar-refractivity contribution is 7.59. The summed E-state index contributed by atoms with van der Waals surface area (Å²) < 4.78 is 30.6. The van der Waals surface area contributed by atoms with Crippen molar-refractivity contribution in [3.05, 3.63) is 54.1 Å². The lowest BCUT2D eigenvalue weighted by Gasteiger charge is -2.11. The Kier molecular flexibility index (Phi) is 7.59. The molecule has 0 aliphatic rings. The van der Waals surface area contributed by atoms with E-state index in [0.717, 1.165) is 10.9 Å². The molecule has 0 saturated heterocycles. The van der Waals surface area contributed by atoms with E-state index in [4.69, 9.17) is 17.4 Å². The number of anilines is 1. The number of carbonyl (C=O) groups is 1. The monoisotopic (exact) mass is 429 g/mol. The van der Waals surface area contributed by atoms with Gasteiger partial charge in [0, 0.05) is 12.3 Å². The maximum atomic E-state index is 11.5. The number of fused-ring (bicyclic) bond motifs is 1. The summed E-state index contributed by atoms with van der Waals surface area (Å²) in [7, 11) is -1.55. The van der Waals surface area contributed by atoms with Gasteiger partial charge in [-0.3, -0.25) is 4.79 Å². The minimum Gasteiger partial charge on any atom is -0.505 e. The predicted molar refractivity (Wildman–Crippen MR) is 112 cm³/mol. The molecule has 30 heavy (non-hydrogen) atoms. The number of aromatic hydroxyl groups is 1. The normalized spacial score (nSPS) is 10.4. The standard InChI is InChI=1S/C20H19N3O3.O3S/c1-12-10-14-8-9-16(20(25)19(14)17(11-12)21-13(2)24)23-22-15-6-4-5-7-18(15)26-3;1-4(2)3/h4-11,25H,1-3H3,(H,21,24);. The molecular formula is C20H19N3O6S. The number of phenols is 1. The third-order valence-electron chi connectivity index (χ3n) is 3.87. The number of benzene rings is 3. The molecule has 3 aromatic carbocycles. The van der Waals surface area contributed by atoms with Gasteiger partial charge in [-0.15, -0.1) is 22.9 Å². The molecule has 0 unspecified atom stereocenters. The molecule has 0 atom stereocenters. The molecule has 0 heterocycles. The zero-order valence-electron chi connectivity index (χ0n) is 16.4. The number of methoxy groups -OCH3 is 1. The van der Waals surface area contributed by atoms with E-state index in [9.17, 15) is 9.90 Å². The van der Waals surface area contributed by atoms with Gasteiger partial charge in [-0.25, -0.2) is 0 Å². The maximum Gasteiger partial charge on any atom is 0.425 e. The summed E-state index contributed by atoms with van der Waals surface area (Å²) in [5, 5.41) is 23.1. The van der Waals surface area contributed by atoms with Crippen LogP contribution < -0.4 is 10.1 Å². The number of hydrogen-bond donors (Lipinski definition) is 2. The van der Waals surface area contributed by atoms with Crippen molar-refractivity contribution >= 4 is 44.4 Å². The van der Waals surface area contributed by atoms with Crippen LogP contribution >= 0.6 is 0 Å². The fraction of sp³-hybridized carbons (Fsp3) is 0.150. The second-order valence-corrected chi connectivity index (χ2v) is 6.51. The number of carbonyl (C=O) groups excluding carboxylic acids is 1. The first-order valence-electron chi connectivity index (χ1n) is 8.58. The van der Waals surface area contributed by atoms with Crippen molar-refractivity contribution in [3.8, 4) is 11.5 Å². The highest BCUT2D eigenvalue weighted by Gasteiger charge is 2.12. The Morgan fingerprint density at radius 2 is 1.67 bits per heavy atom. The third-order valence-corrected chi connectivity index (χ3v) is 3.87. The first-order chi connectivity index (χ1) is 14.2. The van der Waals surface area contributed by atoms with Crippen LogP contribution in [0.3, 0.4) is 0 Å². The van der Waals surface area contributed by atoms with Gasteiger partial charge >= 0.3 is 10.6 Å². The van der Waals surface area contributed by atoms with Crippen molar-refractivity contribution < 1.29 is 27.3 Å². The van der Waals surface area contributed by atoms with Gasteiger partial charge in [0.05, 0.1) is 12.8 Å². The lowest BCUT2D eigenvalue weighted by Crippen LogP contribution is -2.06. The molecule has 2 N–H and O–H groups in total. The molecule has 0 aliphatic carbocycles. The summed E-state index contributed by atoms with van der Waals surface area (Å²) in [6.45, 7) is 3.35. The van der Waals surface area contributed by atoms with Gasteiger partial charge in [0.1, 0.15) is 17.1 Å². The number of nitrogens with zero attached hydrogens (tertiary/aromatic N) is 2. The van der Waals surface area contributed by atoms with Gasteiger partial charge in [-0.1, -0.05) is 24.3 Å². The highest BCUT2D eigenvalue weighted by atomic mass is 32.2. The maximum absolute atomic E-state index is 11.5. The minimum atomic E-state index is -3.11. The summed E-state index contributed by atoms with van der Waals surface area (Å²) in [4.78, 5) is 11.5. The molecule has 0 aromatic heterocycles. The van der Waals surface area contributed by atoms with E-state index in [1.807, 2.05) is 37.3 Å². The summed E-state index contributed by atoms with van der Waals surface area (Å²) >= 11 is 0. The minimum absolute atomic E-state index is 0.0371. The van der Waals surface area contributed by atoms with Gasteiger partial charge in [0.2, 0.25) is 5.91 Å². The predicted octanol–water partition coefficient (Wildman–Crippen LogP) is 4.23. The Hall–Kier alpha value is -3.79. The Balaban J connectivity index is 0.000000735. The molecule has 0 aliphatic heterocycles.